The number of anilines is 1. The third-order valence-corrected chi connectivity index (χ3v) is 3.12. The van der Waals surface area contributed by atoms with Crippen LogP contribution in [0.3, 0.4) is 0 Å². The summed E-state index contributed by atoms with van der Waals surface area (Å²) in [5, 5.41) is 5.43. The largest absolute Gasteiger partial charge is 0.469 e. The number of nitrogens with one attached hydrogen (secondary N) is 2. The van der Waals surface area contributed by atoms with Gasteiger partial charge in [-0.3, -0.25) is 9.59 Å². The summed E-state index contributed by atoms with van der Waals surface area (Å²) >= 11 is 0. The van der Waals surface area contributed by atoms with Crippen LogP contribution in [0, 0.1) is 0 Å². The molecule has 0 saturated heterocycles. The van der Waals surface area contributed by atoms with E-state index in [-0.39, 0.29) is 17.8 Å². The van der Waals surface area contributed by atoms with Crippen LogP contribution in [0.5, 0.6) is 0 Å². The van der Waals surface area contributed by atoms with Crippen LogP contribution in [0.2, 0.25) is 0 Å². The number of ether oxygens (including phenoxy) is 1. The number of benzene rings is 1. The second kappa shape index (κ2) is 9.55. The standard InChI is InChI=1S/C16H22N2O4/c1-12(19)13-7-9-14(10-8-13)18-16(21)17-11-5-3-4-6-15(20)22-2/h7-10H,3-6,11H2,1-2H3,(H2,17,18,21). The molecule has 0 unspecified atom stereocenters. The fourth-order valence-corrected chi connectivity index (χ4v) is 1.84. The van der Waals surface area contributed by atoms with Gasteiger partial charge in [-0.15, -0.1) is 0 Å². The first-order valence-electron chi connectivity index (χ1n) is 7.25. The highest BCUT2D eigenvalue weighted by atomic mass is 16.5. The summed E-state index contributed by atoms with van der Waals surface area (Å²) in [4.78, 5) is 33.7. The van der Waals surface area contributed by atoms with E-state index >= 15 is 0 Å². The van der Waals surface area contributed by atoms with Crippen LogP contribution in [0.15, 0.2) is 24.3 Å². The molecule has 0 aromatic heterocycles. The molecule has 6 heteroatoms. The molecule has 0 bridgehead atoms. The van der Waals surface area contributed by atoms with E-state index in [1.54, 1.807) is 24.3 Å². The average Bonchev–Trinajstić information content (AvgIpc) is 2.50. The zero-order chi connectivity index (χ0) is 16.4. The van der Waals surface area contributed by atoms with Gasteiger partial charge < -0.3 is 15.4 Å². The van der Waals surface area contributed by atoms with Gasteiger partial charge in [0.05, 0.1) is 7.11 Å². The minimum atomic E-state index is -0.288. The number of methoxy groups -OCH3 is 1. The van der Waals surface area contributed by atoms with Gasteiger partial charge in [0, 0.05) is 24.2 Å². The smallest absolute Gasteiger partial charge is 0.319 e. The van der Waals surface area contributed by atoms with Gasteiger partial charge in [0.1, 0.15) is 0 Å². The number of amides is 2. The fraction of sp³-hybridized carbons (Fsp3) is 0.438. The Morgan fingerprint density at radius 1 is 1.05 bits per heavy atom. The van der Waals surface area contributed by atoms with Gasteiger partial charge in [-0.1, -0.05) is 6.42 Å². The second-order valence-electron chi connectivity index (χ2n) is 4.90. The van der Waals surface area contributed by atoms with Crippen molar-refractivity contribution in [3.05, 3.63) is 29.8 Å². The Kier molecular flexibility index (Phi) is 7.67. The molecular weight excluding hydrogens is 284 g/mol. The number of unbranched alkanes of at least 4 members (excludes halogenated alkanes) is 2. The quantitative estimate of drug-likeness (QED) is 0.439. The van der Waals surface area contributed by atoms with Crippen LogP contribution in [0.25, 0.3) is 0 Å². The number of Topliss-reactive ketones (excluding diaryl/α,β-unsaturated/α-hetero) is 1. The molecule has 120 valence electrons. The lowest BCUT2D eigenvalue weighted by molar-refractivity contribution is -0.140. The molecule has 1 rings (SSSR count). The van der Waals surface area contributed by atoms with Crippen LogP contribution in [0.1, 0.15) is 43.0 Å². The molecule has 0 saturated carbocycles. The first-order chi connectivity index (χ1) is 10.5. The molecular formula is C16H22N2O4. The summed E-state index contributed by atoms with van der Waals surface area (Å²) in [5.74, 6) is -0.220. The summed E-state index contributed by atoms with van der Waals surface area (Å²) < 4.78 is 4.54. The predicted octanol–water partition coefficient (Wildman–Crippen LogP) is 2.74. The van der Waals surface area contributed by atoms with Crippen LogP contribution < -0.4 is 10.6 Å². The molecule has 0 aliphatic rings. The lowest BCUT2D eigenvalue weighted by Crippen LogP contribution is -2.29. The van der Waals surface area contributed by atoms with E-state index in [9.17, 15) is 14.4 Å². The highest BCUT2D eigenvalue weighted by Crippen LogP contribution is 2.09. The zero-order valence-electron chi connectivity index (χ0n) is 13.0. The molecule has 1 aromatic rings. The van der Waals surface area contributed by atoms with E-state index in [4.69, 9.17) is 0 Å². The lowest BCUT2D eigenvalue weighted by atomic mass is 10.1. The van der Waals surface area contributed by atoms with Crippen molar-refractivity contribution in [2.45, 2.75) is 32.6 Å². The molecule has 2 N–H and O–H groups in total. The normalized spacial score (nSPS) is 9.91. The highest BCUT2D eigenvalue weighted by molar-refractivity contribution is 5.95. The van der Waals surface area contributed by atoms with Crippen LogP contribution in [-0.4, -0.2) is 31.4 Å². The van der Waals surface area contributed by atoms with E-state index < -0.39 is 0 Å². The van der Waals surface area contributed by atoms with Crippen molar-refractivity contribution in [1.29, 1.82) is 0 Å². The lowest BCUT2D eigenvalue weighted by Gasteiger charge is -2.08. The SMILES string of the molecule is COC(=O)CCCCCNC(=O)Nc1ccc(C(C)=O)cc1. The summed E-state index contributed by atoms with van der Waals surface area (Å²) in [6.45, 7) is 2.04. The third kappa shape index (κ3) is 6.88. The summed E-state index contributed by atoms with van der Waals surface area (Å²) in [5.41, 5.74) is 1.24. The Balaban J connectivity index is 2.18. The summed E-state index contributed by atoms with van der Waals surface area (Å²) in [6.07, 6.45) is 2.81. The van der Waals surface area contributed by atoms with Crippen molar-refractivity contribution >= 4 is 23.5 Å². The molecule has 0 radical (unpaired) electrons. The number of ketones is 1. The predicted molar refractivity (Wildman–Crippen MR) is 84.0 cm³/mol. The third-order valence-electron chi connectivity index (χ3n) is 3.12. The molecule has 2 amide bonds. The van der Waals surface area contributed by atoms with Gasteiger partial charge in [0.25, 0.3) is 0 Å². The van der Waals surface area contributed by atoms with E-state index in [1.165, 1.54) is 14.0 Å². The van der Waals surface area contributed by atoms with Gasteiger partial charge >= 0.3 is 12.0 Å². The molecule has 6 nitrogen and oxygen atoms in total. The van der Waals surface area contributed by atoms with Crippen molar-refractivity contribution < 1.29 is 19.1 Å². The molecule has 0 atom stereocenters. The molecule has 0 spiro atoms. The average molecular weight is 306 g/mol. The Labute approximate surface area is 130 Å². The molecule has 1 aromatic carbocycles. The van der Waals surface area contributed by atoms with Crippen molar-refractivity contribution in [3.8, 4) is 0 Å². The number of carbonyl (C=O) groups is 3. The van der Waals surface area contributed by atoms with Crippen molar-refractivity contribution in [2.75, 3.05) is 19.0 Å². The number of esters is 1. The topological polar surface area (TPSA) is 84.5 Å². The number of hydrogen-bond acceptors (Lipinski definition) is 4. The minimum Gasteiger partial charge on any atom is -0.469 e. The van der Waals surface area contributed by atoms with Crippen LogP contribution >= 0.6 is 0 Å². The Hall–Kier alpha value is -2.37. The number of carbonyl (C=O) groups excluding carboxylic acids is 3. The maximum atomic E-state index is 11.7. The van der Waals surface area contributed by atoms with Gasteiger partial charge in [-0.2, -0.15) is 0 Å². The zero-order valence-corrected chi connectivity index (χ0v) is 13.0. The Morgan fingerprint density at radius 2 is 1.73 bits per heavy atom. The second-order valence-corrected chi connectivity index (χ2v) is 4.90. The molecule has 0 aliphatic heterocycles. The van der Waals surface area contributed by atoms with Gasteiger partial charge in [-0.25, -0.2) is 4.79 Å². The monoisotopic (exact) mass is 306 g/mol. The van der Waals surface area contributed by atoms with Crippen molar-refractivity contribution in [2.24, 2.45) is 0 Å². The van der Waals surface area contributed by atoms with Crippen molar-refractivity contribution in [1.82, 2.24) is 5.32 Å². The Bertz CT molecular complexity index is 511. The highest BCUT2D eigenvalue weighted by Gasteiger charge is 2.03. The van der Waals surface area contributed by atoms with Crippen molar-refractivity contribution in [3.63, 3.8) is 0 Å². The molecule has 0 aliphatic carbocycles. The maximum absolute atomic E-state index is 11.7. The number of rotatable bonds is 8. The van der Waals surface area contributed by atoms with E-state index in [2.05, 4.69) is 15.4 Å². The fourth-order valence-electron chi connectivity index (χ4n) is 1.84. The summed E-state index contributed by atoms with van der Waals surface area (Å²) in [6, 6.07) is 6.43. The van der Waals surface area contributed by atoms with Gasteiger partial charge in [0.15, 0.2) is 5.78 Å². The summed E-state index contributed by atoms with van der Waals surface area (Å²) in [7, 11) is 1.37. The Morgan fingerprint density at radius 3 is 2.32 bits per heavy atom. The first kappa shape index (κ1) is 17.7. The molecule has 0 fully saturated rings. The number of urea groups is 1. The van der Waals surface area contributed by atoms with E-state index in [0.29, 0.717) is 24.2 Å². The van der Waals surface area contributed by atoms with E-state index in [0.717, 1.165) is 19.3 Å². The van der Waals surface area contributed by atoms with Gasteiger partial charge in [-0.05, 0) is 44.0 Å². The van der Waals surface area contributed by atoms with Crippen LogP contribution in [-0.2, 0) is 9.53 Å². The number of hydrogen-bond donors (Lipinski definition) is 2. The minimum absolute atomic E-state index is 0.0112. The molecule has 0 heterocycles. The van der Waals surface area contributed by atoms with Gasteiger partial charge in [0.2, 0.25) is 0 Å². The first-order valence-corrected chi connectivity index (χ1v) is 7.25. The maximum Gasteiger partial charge on any atom is 0.319 e. The van der Waals surface area contributed by atoms with E-state index in [1.807, 2.05) is 0 Å². The molecule has 22 heavy (non-hydrogen) atoms. The van der Waals surface area contributed by atoms with Crippen LogP contribution in [0.4, 0.5) is 10.5 Å².